The fourth-order valence-corrected chi connectivity index (χ4v) is 3.32. The van der Waals surface area contributed by atoms with Gasteiger partial charge in [-0.3, -0.25) is 0 Å². The van der Waals surface area contributed by atoms with Gasteiger partial charge in [0.05, 0.1) is 5.70 Å². The van der Waals surface area contributed by atoms with Crippen molar-refractivity contribution in [1.82, 2.24) is 4.98 Å². The lowest BCUT2D eigenvalue weighted by atomic mass is 10.1. The van der Waals surface area contributed by atoms with Gasteiger partial charge in [-0.1, -0.05) is 12.2 Å². The number of rotatable bonds is 7. The Hall–Kier alpha value is -3.23. The van der Waals surface area contributed by atoms with E-state index in [-0.39, 0.29) is 29.4 Å². The van der Waals surface area contributed by atoms with E-state index < -0.39 is 12.5 Å². The molecular weight excluding hydrogens is 389 g/mol. The summed E-state index contributed by atoms with van der Waals surface area (Å²) in [4.78, 5) is 8.47. The summed E-state index contributed by atoms with van der Waals surface area (Å²) < 4.78 is 31.2. The number of hydrogen-bond donors (Lipinski definition) is 2. The molecule has 2 N–H and O–H groups in total. The number of fused-ring (bicyclic) bond motifs is 1. The van der Waals surface area contributed by atoms with Crippen molar-refractivity contribution in [3.63, 3.8) is 0 Å². The van der Waals surface area contributed by atoms with Crippen LogP contribution >= 0.6 is 0 Å². The lowest BCUT2D eigenvalue weighted by Crippen LogP contribution is -2.15. The second kappa shape index (κ2) is 8.64. The number of nitrogens with zero attached hydrogens (tertiary/aromatic N) is 2. The maximum absolute atomic E-state index is 14.3. The van der Waals surface area contributed by atoms with Crippen LogP contribution < -0.4 is 5.32 Å². The summed E-state index contributed by atoms with van der Waals surface area (Å²) in [6.07, 6.45) is 8.27. The number of furan rings is 1. The van der Waals surface area contributed by atoms with Crippen LogP contribution in [0.5, 0.6) is 5.75 Å². The number of methoxy groups -OCH3 is 1. The Bertz CT molecular complexity index is 1050. The zero-order valence-corrected chi connectivity index (χ0v) is 16.6. The second-order valence-corrected chi connectivity index (χ2v) is 6.69. The number of alkyl halides is 1. The molecule has 0 saturated carbocycles. The highest BCUT2D eigenvalue weighted by Gasteiger charge is 2.29. The third kappa shape index (κ3) is 3.79. The molecule has 0 radical (unpaired) electrons. The minimum Gasteiger partial charge on any atom is -0.504 e. The fourth-order valence-electron chi connectivity index (χ4n) is 3.32. The highest BCUT2D eigenvalue weighted by molar-refractivity contribution is 6.20. The second-order valence-electron chi connectivity index (χ2n) is 6.69. The first kappa shape index (κ1) is 20.1. The third-order valence-electron chi connectivity index (χ3n) is 4.77. The van der Waals surface area contributed by atoms with Gasteiger partial charge in [0.1, 0.15) is 11.7 Å². The van der Waals surface area contributed by atoms with E-state index >= 15 is 0 Å². The number of pyridine rings is 1. The van der Waals surface area contributed by atoms with Crippen LogP contribution in [0.15, 0.2) is 51.7 Å². The molecule has 3 heterocycles. The van der Waals surface area contributed by atoms with E-state index in [2.05, 4.69) is 15.3 Å². The SMILES string of the molecule is CCOC(OC)c1c(NC2=CC=CCC2F)oc(C=C2C=Nc3ncccc32)c1O. The van der Waals surface area contributed by atoms with Crippen LogP contribution in [0.1, 0.15) is 36.5 Å². The lowest BCUT2D eigenvalue weighted by molar-refractivity contribution is -0.124. The number of aliphatic imine (C=N–C) groups is 1. The average Bonchev–Trinajstić information content (AvgIpc) is 3.30. The molecule has 0 saturated heterocycles. The summed E-state index contributed by atoms with van der Waals surface area (Å²) in [5.74, 6) is 0.773. The predicted molar refractivity (Wildman–Crippen MR) is 112 cm³/mol. The summed E-state index contributed by atoms with van der Waals surface area (Å²) in [5, 5.41) is 13.9. The van der Waals surface area contributed by atoms with E-state index in [1.807, 2.05) is 19.1 Å². The molecular formula is C22H22FN3O4. The normalized spacial score (nSPS) is 19.8. The van der Waals surface area contributed by atoms with Crippen molar-refractivity contribution in [2.45, 2.75) is 25.8 Å². The Balaban J connectivity index is 1.76. The van der Waals surface area contributed by atoms with Crippen LogP contribution in [0.4, 0.5) is 16.1 Å². The number of ether oxygens (including phenoxy) is 2. The molecule has 2 atom stereocenters. The zero-order chi connectivity index (χ0) is 21.1. The largest absolute Gasteiger partial charge is 0.504 e. The standard InChI is InChI=1S/C22H22FN3O4/c1-3-29-22(28-2)18-19(27)17(11-13-12-25-20-14(13)7-6-10-24-20)30-21(18)26-16-9-5-4-8-15(16)23/h4-7,9-12,15,22,26-27H,3,8H2,1-2H3. The highest BCUT2D eigenvalue weighted by atomic mass is 19.1. The van der Waals surface area contributed by atoms with Crippen LogP contribution in [0.2, 0.25) is 0 Å². The van der Waals surface area contributed by atoms with Crippen molar-refractivity contribution in [2.75, 3.05) is 19.0 Å². The molecule has 8 heteroatoms. The van der Waals surface area contributed by atoms with Crippen molar-refractivity contribution in [3.05, 3.63) is 59.1 Å². The predicted octanol–water partition coefficient (Wildman–Crippen LogP) is 4.91. The quantitative estimate of drug-likeness (QED) is 0.629. The van der Waals surface area contributed by atoms with Crippen molar-refractivity contribution < 1.29 is 23.4 Å². The first-order chi connectivity index (χ1) is 14.6. The molecule has 2 unspecified atom stereocenters. The minimum atomic E-state index is -1.20. The third-order valence-corrected chi connectivity index (χ3v) is 4.77. The molecule has 2 aromatic rings. The summed E-state index contributed by atoms with van der Waals surface area (Å²) in [6.45, 7) is 2.16. The van der Waals surface area contributed by atoms with Gasteiger partial charge in [-0.15, -0.1) is 0 Å². The van der Waals surface area contributed by atoms with E-state index in [1.54, 1.807) is 36.7 Å². The van der Waals surface area contributed by atoms with Crippen molar-refractivity contribution >= 4 is 29.6 Å². The van der Waals surface area contributed by atoms with E-state index in [9.17, 15) is 9.50 Å². The molecule has 2 aromatic heterocycles. The molecule has 4 rings (SSSR count). The first-order valence-corrected chi connectivity index (χ1v) is 9.61. The molecule has 0 fully saturated rings. The Kier molecular flexibility index (Phi) is 5.78. The van der Waals surface area contributed by atoms with Gasteiger partial charge in [0.25, 0.3) is 0 Å². The molecule has 1 aliphatic heterocycles. The van der Waals surface area contributed by atoms with Crippen molar-refractivity contribution in [3.8, 4) is 5.75 Å². The highest BCUT2D eigenvalue weighted by Crippen LogP contribution is 2.43. The Morgan fingerprint density at radius 2 is 2.33 bits per heavy atom. The number of anilines is 1. The topological polar surface area (TPSA) is 89.1 Å². The van der Waals surface area contributed by atoms with Crippen LogP contribution in [0.3, 0.4) is 0 Å². The first-order valence-electron chi connectivity index (χ1n) is 9.61. The van der Waals surface area contributed by atoms with E-state index in [0.29, 0.717) is 18.1 Å². The summed E-state index contributed by atoms with van der Waals surface area (Å²) >= 11 is 0. The van der Waals surface area contributed by atoms with Crippen LogP contribution in [0, 0.1) is 0 Å². The average molecular weight is 411 g/mol. The number of allylic oxidation sites excluding steroid dienone is 5. The van der Waals surface area contributed by atoms with Gasteiger partial charge in [-0.2, -0.15) is 0 Å². The van der Waals surface area contributed by atoms with E-state index in [0.717, 1.165) is 11.1 Å². The number of hydrogen-bond acceptors (Lipinski definition) is 7. The van der Waals surface area contributed by atoms with Gasteiger partial charge in [0.15, 0.2) is 23.6 Å². The zero-order valence-electron chi connectivity index (χ0n) is 16.6. The molecule has 0 aromatic carbocycles. The van der Waals surface area contributed by atoms with Crippen LogP contribution in [0.25, 0.3) is 11.6 Å². The smallest absolute Gasteiger partial charge is 0.210 e. The molecule has 0 spiro atoms. The van der Waals surface area contributed by atoms with Gasteiger partial charge in [-0.25, -0.2) is 14.4 Å². The number of aromatic hydroxyl groups is 1. The lowest BCUT2D eigenvalue weighted by Gasteiger charge is -2.18. The van der Waals surface area contributed by atoms with Crippen molar-refractivity contribution in [2.24, 2.45) is 4.99 Å². The molecule has 2 aliphatic rings. The van der Waals surface area contributed by atoms with Gasteiger partial charge in [0.2, 0.25) is 5.88 Å². The number of aromatic nitrogens is 1. The maximum atomic E-state index is 14.3. The summed E-state index contributed by atoms with van der Waals surface area (Å²) in [7, 11) is 1.46. The van der Waals surface area contributed by atoms with Gasteiger partial charge in [-0.05, 0) is 31.2 Å². The van der Waals surface area contributed by atoms with E-state index in [1.165, 1.54) is 7.11 Å². The number of halogens is 1. The molecule has 0 bridgehead atoms. The van der Waals surface area contributed by atoms with Gasteiger partial charge in [0, 0.05) is 43.7 Å². The van der Waals surface area contributed by atoms with Gasteiger partial charge >= 0.3 is 0 Å². The Morgan fingerprint density at radius 3 is 3.10 bits per heavy atom. The Morgan fingerprint density at radius 1 is 1.47 bits per heavy atom. The number of nitrogens with one attached hydrogen (secondary N) is 1. The minimum absolute atomic E-state index is 0.154. The molecule has 30 heavy (non-hydrogen) atoms. The summed E-state index contributed by atoms with van der Waals surface area (Å²) in [6, 6.07) is 3.69. The molecule has 0 amide bonds. The van der Waals surface area contributed by atoms with Crippen LogP contribution in [-0.2, 0) is 9.47 Å². The van der Waals surface area contributed by atoms with Crippen LogP contribution in [-0.4, -0.2) is 36.2 Å². The van der Waals surface area contributed by atoms with Gasteiger partial charge < -0.3 is 24.3 Å². The van der Waals surface area contributed by atoms with E-state index in [4.69, 9.17) is 13.9 Å². The molecule has 7 nitrogen and oxygen atoms in total. The Labute approximate surface area is 173 Å². The fraction of sp³-hybridized carbons (Fsp3) is 0.273. The van der Waals surface area contributed by atoms with Crippen molar-refractivity contribution in [1.29, 1.82) is 0 Å². The molecule has 1 aliphatic carbocycles. The maximum Gasteiger partial charge on any atom is 0.210 e. The molecule has 156 valence electrons. The monoisotopic (exact) mass is 411 g/mol. The summed E-state index contributed by atoms with van der Waals surface area (Å²) in [5.41, 5.74) is 2.14.